The second-order valence-corrected chi connectivity index (χ2v) is 4.33. The molecule has 1 saturated heterocycles. The predicted octanol–water partition coefficient (Wildman–Crippen LogP) is 0.109. The van der Waals surface area contributed by atoms with E-state index in [1.807, 2.05) is 0 Å². The van der Waals surface area contributed by atoms with Gasteiger partial charge in [-0.1, -0.05) is 0 Å². The number of aliphatic hydroxyl groups is 1. The quantitative estimate of drug-likeness (QED) is 0.769. The van der Waals surface area contributed by atoms with Crippen molar-refractivity contribution in [3.63, 3.8) is 0 Å². The Bertz CT molecular complexity index is 358. The molecule has 2 heterocycles. The molecule has 1 aliphatic heterocycles. The van der Waals surface area contributed by atoms with Gasteiger partial charge in [-0.2, -0.15) is 0 Å². The van der Waals surface area contributed by atoms with Gasteiger partial charge in [-0.15, -0.1) is 0 Å². The topological polar surface area (TPSA) is 52.5 Å². The summed E-state index contributed by atoms with van der Waals surface area (Å²) in [7, 11) is 2.13. The molecular weight excluding hydrogens is 204 g/mol. The summed E-state index contributed by atoms with van der Waals surface area (Å²) in [5, 5.41) is 9.04. The molecule has 2 rings (SSSR count). The number of aromatic nitrogens is 2. The summed E-state index contributed by atoms with van der Waals surface area (Å²) >= 11 is 0. The van der Waals surface area contributed by atoms with Crippen molar-refractivity contribution in [2.75, 3.05) is 31.6 Å². The molecule has 1 atom stereocenters. The predicted molar refractivity (Wildman–Crippen MR) is 62.3 cm³/mol. The number of rotatable bonds is 2. The number of likely N-dealkylation sites (N-methyl/N-ethyl adjacent to an activating group) is 1. The third kappa shape index (κ3) is 2.31. The standard InChI is InChI=1S/C11H18N4O/c1-9-7-14(2)3-4-15(9)11-6-12-5-10(8-16)13-11/h5-6,9,16H,3-4,7-8H2,1-2H3. The first-order valence-corrected chi connectivity index (χ1v) is 5.57. The van der Waals surface area contributed by atoms with Crippen LogP contribution in [0.2, 0.25) is 0 Å². The average molecular weight is 222 g/mol. The maximum absolute atomic E-state index is 9.04. The normalized spacial score (nSPS) is 22.4. The van der Waals surface area contributed by atoms with Crippen LogP contribution in [0.3, 0.4) is 0 Å². The lowest BCUT2D eigenvalue weighted by Gasteiger charge is -2.38. The second kappa shape index (κ2) is 4.76. The van der Waals surface area contributed by atoms with E-state index in [4.69, 9.17) is 5.11 Å². The Balaban J connectivity index is 2.16. The minimum absolute atomic E-state index is 0.0526. The Hall–Kier alpha value is -1.20. The third-order valence-electron chi connectivity index (χ3n) is 2.96. The van der Waals surface area contributed by atoms with Gasteiger partial charge in [0.05, 0.1) is 24.7 Å². The zero-order valence-corrected chi connectivity index (χ0v) is 9.80. The van der Waals surface area contributed by atoms with Gasteiger partial charge in [0.25, 0.3) is 0 Å². The van der Waals surface area contributed by atoms with Crippen LogP contribution in [0.4, 0.5) is 5.82 Å². The maximum Gasteiger partial charge on any atom is 0.147 e. The van der Waals surface area contributed by atoms with Crippen molar-refractivity contribution in [1.82, 2.24) is 14.9 Å². The summed E-state index contributed by atoms with van der Waals surface area (Å²) in [5.74, 6) is 0.868. The van der Waals surface area contributed by atoms with Crippen LogP contribution in [-0.2, 0) is 6.61 Å². The summed E-state index contributed by atoms with van der Waals surface area (Å²) in [6.07, 6.45) is 3.37. The highest BCUT2D eigenvalue weighted by molar-refractivity contribution is 5.38. The third-order valence-corrected chi connectivity index (χ3v) is 2.96. The van der Waals surface area contributed by atoms with Gasteiger partial charge in [-0.3, -0.25) is 4.98 Å². The van der Waals surface area contributed by atoms with Crippen LogP contribution < -0.4 is 4.90 Å². The van der Waals surface area contributed by atoms with Crippen molar-refractivity contribution in [2.45, 2.75) is 19.6 Å². The van der Waals surface area contributed by atoms with Gasteiger partial charge in [0.15, 0.2) is 0 Å². The second-order valence-electron chi connectivity index (χ2n) is 4.33. The first-order valence-electron chi connectivity index (χ1n) is 5.57. The van der Waals surface area contributed by atoms with Gasteiger partial charge >= 0.3 is 0 Å². The van der Waals surface area contributed by atoms with Crippen molar-refractivity contribution < 1.29 is 5.11 Å². The largest absolute Gasteiger partial charge is 0.390 e. The summed E-state index contributed by atoms with van der Waals surface area (Å²) in [4.78, 5) is 13.0. The Morgan fingerprint density at radius 1 is 1.44 bits per heavy atom. The fourth-order valence-electron chi connectivity index (χ4n) is 2.09. The summed E-state index contributed by atoms with van der Waals surface area (Å²) in [6.45, 7) is 5.16. The average Bonchev–Trinajstić information content (AvgIpc) is 2.29. The van der Waals surface area contributed by atoms with E-state index in [1.165, 1.54) is 0 Å². The number of piperazine rings is 1. The molecule has 1 aromatic rings. The molecule has 0 radical (unpaired) electrons. The number of anilines is 1. The highest BCUT2D eigenvalue weighted by Crippen LogP contribution is 2.16. The molecule has 5 heteroatoms. The molecule has 1 fully saturated rings. The maximum atomic E-state index is 9.04. The summed E-state index contributed by atoms with van der Waals surface area (Å²) in [5.41, 5.74) is 0.628. The number of aliphatic hydroxyl groups excluding tert-OH is 1. The highest BCUT2D eigenvalue weighted by Gasteiger charge is 2.22. The van der Waals surface area contributed by atoms with Crippen molar-refractivity contribution >= 4 is 5.82 Å². The summed E-state index contributed by atoms with van der Waals surface area (Å²) < 4.78 is 0. The molecule has 0 saturated carbocycles. The van der Waals surface area contributed by atoms with Gasteiger partial charge in [0.2, 0.25) is 0 Å². The van der Waals surface area contributed by atoms with Gasteiger partial charge in [-0.05, 0) is 14.0 Å². The van der Waals surface area contributed by atoms with Crippen LogP contribution in [0.1, 0.15) is 12.6 Å². The van der Waals surface area contributed by atoms with Crippen LogP contribution in [0.15, 0.2) is 12.4 Å². The van der Waals surface area contributed by atoms with E-state index >= 15 is 0 Å². The molecule has 88 valence electrons. The van der Waals surface area contributed by atoms with Crippen LogP contribution in [0.25, 0.3) is 0 Å². The van der Waals surface area contributed by atoms with Gasteiger partial charge in [-0.25, -0.2) is 4.98 Å². The van der Waals surface area contributed by atoms with E-state index in [0.29, 0.717) is 11.7 Å². The van der Waals surface area contributed by atoms with Crippen LogP contribution in [-0.4, -0.2) is 52.7 Å². The van der Waals surface area contributed by atoms with E-state index in [9.17, 15) is 0 Å². The number of hydrogen-bond donors (Lipinski definition) is 1. The molecule has 0 aliphatic carbocycles. The lowest BCUT2D eigenvalue weighted by molar-refractivity contribution is 0.270. The molecule has 0 amide bonds. The molecule has 16 heavy (non-hydrogen) atoms. The lowest BCUT2D eigenvalue weighted by Crippen LogP contribution is -2.50. The molecule has 1 aromatic heterocycles. The molecular formula is C11H18N4O. The minimum atomic E-state index is -0.0526. The Morgan fingerprint density at radius 3 is 2.94 bits per heavy atom. The molecule has 0 spiro atoms. The van der Waals surface area contributed by atoms with Gasteiger partial charge in [0.1, 0.15) is 5.82 Å². The molecule has 1 unspecified atom stereocenters. The van der Waals surface area contributed by atoms with Crippen molar-refractivity contribution in [2.24, 2.45) is 0 Å². The highest BCUT2D eigenvalue weighted by atomic mass is 16.3. The van der Waals surface area contributed by atoms with Crippen molar-refractivity contribution in [3.05, 3.63) is 18.1 Å². The first-order chi connectivity index (χ1) is 7.70. The fraction of sp³-hybridized carbons (Fsp3) is 0.636. The fourth-order valence-corrected chi connectivity index (χ4v) is 2.09. The molecule has 1 aliphatic rings. The van der Waals surface area contributed by atoms with E-state index < -0.39 is 0 Å². The molecule has 0 bridgehead atoms. The van der Waals surface area contributed by atoms with E-state index in [2.05, 4.69) is 33.7 Å². The summed E-state index contributed by atoms with van der Waals surface area (Å²) in [6, 6.07) is 0.432. The zero-order chi connectivity index (χ0) is 11.5. The smallest absolute Gasteiger partial charge is 0.147 e. The number of nitrogens with zero attached hydrogens (tertiary/aromatic N) is 4. The van der Waals surface area contributed by atoms with Gasteiger partial charge in [0, 0.05) is 25.7 Å². The Kier molecular flexibility index (Phi) is 3.36. The minimum Gasteiger partial charge on any atom is -0.390 e. The zero-order valence-electron chi connectivity index (χ0n) is 9.80. The van der Waals surface area contributed by atoms with E-state index in [1.54, 1.807) is 12.4 Å². The van der Waals surface area contributed by atoms with Crippen LogP contribution in [0, 0.1) is 0 Å². The van der Waals surface area contributed by atoms with E-state index in [-0.39, 0.29) is 6.61 Å². The number of hydrogen-bond acceptors (Lipinski definition) is 5. The Labute approximate surface area is 95.7 Å². The van der Waals surface area contributed by atoms with Crippen LogP contribution in [0.5, 0.6) is 0 Å². The van der Waals surface area contributed by atoms with Gasteiger partial charge < -0.3 is 14.9 Å². The molecule has 1 N–H and O–H groups in total. The monoisotopic (exact) mass is 222 g/mol. The van der Waals surface area contributed by atoms with Crippen LogP contribution >= 0.6 is 0 Å². The van der Waals surface area contributed by atoms with Crippen molar-refractivity contribution in [3.8, 4) is 0 Å². The Morgan fingerprint density at radius 2 is 2.25 bits per heavy atom. The lowest BCUT2D eigenvalue weighted by atomic mass is 10.2. The molecule has 0 aromatic carbocycles. The van der Waals surface area contributed by atoms with E-state index in [0.717, 1.165) is 25.5 Å². The first kappa shape index (κ1) is 11.3. The van der Waals surface area contributed by atoms with Crippen molar-refractivity contribution in [1.29, 1.82) is 0 Å². The SMILES string of the molecule is CC1CN(C)CCN1c1cncc(CO)n1. The molecule has 5 nitrogen and oxygen atoms in total.